The number of anilines is 2. The molecule has 1 aromatic carbocycles. The minimum atomic E-state index is -3.78. The molecule has 1 saturated heterocycles. The molecule has 1 fully saturated rings. The molecule has 1 atom stereocenters. The predicted molar refractivity (Wildman–Crippen MR) is 128 cm³/mol. The van der Waals surface area contributed by atoms with Crippen LogP contribution in [0.4, 0.5) is 15.6 Å². The lowest BCUT2D eigenvalue weighted by atomic mass is 10.1. The Labute approximate surface area is 196 Å². The van der Waals surface area contributed by atoms with Crippen LogP contribution in [0, 0.1) is 0 Å². The second-order valence-corrected chi connectivity index (χ2v) is 9.94. The van der Waals surface area contributed by atoms with Gasteiger partial charge >= 0.3 is 6.09 Å². The molecular formula is C20H28N6O5S2. The van der Waals surface area contributed by atoms with Crippen molar-refractivity contribution in [1.82, 2.24) is 15.0 Å². The number of thiazole rings is 1. The Bertz CT molecular complexity index is 1050. The third-order valence-electron chi connectivity index (χ3n) is 5.21. The lowest BCUT2D eigenvalue weighted by molar-refractivity contribution is -0.118. The highest BCUT2D eigenvalue weighted by Crippen LogP contribution is 2.28. The van der Waals surface area contributed by atoms with E-state index in [1.807, 2.05) is 17.5 Å². The van der Waals surface area contributed by atoms with Crippen molar-refractivity contribution in [3.8, 4) is 11.3 Å². The molecule has 33 heavy (non-hydrogen) atoms. The van der Waals surface area contributed by atoms with Crippen LogP contribution in [0.5, 0.6) is 0 Å². The van der Waals surface area contributed by atoms with Gasteiger partial charge in [0.1, 0.15) is 6.04 Å². The van der Waals surface area contributed by atoms with Crippen LogP contribution in [0.15, 0.2) is 29.6 Å². The molecule has 0 spiro atoms. The highest BCUT2D eigenvalue weighted by Gasteiger charge is 2.21. The molecule has 1 unspecified atom stereocenters. The van der Waals surface area contributed by atoms with Gasteiger partial charge in [-0.25, -0.2) is 19.6 Å². The molecule has 1 aliphatic rings. The molecule has 2 amide bonds. The smallest absolute Gasteiger partial charge is 0.405 e. The number of carboxylic acid groups (broad SMARTS) is 1. The first-order chi connectivity index (χ1) is 15.7. The standard InChI is InChI=1S/C20H28N6O5S2/c21-33(30,31)22-10-2-1-5-16(24-20(28)29)18(27)25-19-23-17(13-32-19)14-6-8-15(9-7-14)26-11-3-4-12-26/h6-9,13,16,22,24H,1-5,10-12H2,(H,28,29)(H2,21,30,31)(H,23,25,27). The largest absolute Gasteiger partial charge is 0.465 e. The van der Waals surface area contributed by atoms with Gasteiger partial charge in [0.15, 0.2) is 5.13 Å². The van der Waals surface area contributed by atoms with E-state index in [9.17, 15) is 18.0 Å². The quantitative estimate of drug-likeness (QED) is 0.296. The fourth-order valence-electron chi connectivity index (χ4n) is 3.58. The van der Waals surface area contributed by atoms with Crippen LogP contribution in [0.2, 0.25) is 0 Å². The molecule has 3 rings (SSSR count). The fraction of sp³-hybridized carbons (Fsp3) is 0.450. The van der Waals surface area contributed by atoms with E-state index in [4.69, 9.17) is 10.2 Å². The minimum Gasteiger partial charge on any atom is -0.465 e. The summed E-state index contributed by atoms with van der Waals surface area (Å²) in [5.41, 5.74) is 2.83. The SMILES string of the molecule is NS(=O)(=O)NCCCCC(NC(=O)O)C(=O)Nc1nc(-c2ccc(N3CCCC3)cc2)cs1. The van der Waals surface area contributed by atoms with Crippen molar-refractivity contribution in [1.29, 1.82) is 0 Å². The Kier molecular flexibility index (Phi) is 8.61. The maximum Gasteiger partial charge on any atom is 0.405 e. The van der Waals surface area contributed by atoms with Gasteiger partial charge in [-0.3, -0.25) is 4.79 Å². The molecule has 2 heterocycles. The van der Waals surface area contributed by atoms with Gasteiger partial charge in [0.2, 0.25) is 5.91 Å². The van der Waals surface area contributed by atoms with E-state index in [-0.39, 0.29) is 13.0 Å². The van der Waals surface area contributed by atoms with E-state index in [1.165, 1.54) is 29.9 Å². The lowest BCUT2D eigenvalue weighted by Gasteiger charge is -2.17. The number of carbonyl (C=O) groups is 2. The third-order valence-corrected chi connectivity index (χ3v) is 6.57. The van der Waals surface area contributed by atoms with Crippen LogP contribution in [-0.4, -0.2) is 56.2 Å². The number of carbonyl (C=O) groups excluding carboxylic acids is 1. The van der Waals surface area contributed by atoms with Crippen LogP contribution in [-0.2, 0) is 15.0 Å². The molecule has 11 nitrogen and oxygen atoms in total. The Morgan fingerprint density at radius 1 is 1.18 bits per heavy atom. The van der Waals surface area contributed by atoms with E-state index in [2.05, 4.69) is 37.4 Å². The fourth-order valence-corrected chi connectivity index (χ4v) is 4.73. The van der Waals surface area contributed by atoms with Crippen LogP contribution >= 0.6 is 11.3 Å². The maximum absolute atomic E-state index is 12.6. The van der Waals surface area contributed by atoms with Gasteiger partial charge in [0.05, 0.1) is 5.69 Å². The van der Waals surface area contributed by atoms with Gasteiger partial charge in [-0.2, -0.15) is 8.42 Å². The number of nitrogens with one attached hydrogen (secondary N) is 3. The zero-order chi connectivity index (χ0) is 23.8. The lowest BCUT2D eigenvalue weighted by Crippen LogP contribution is -2.43. The normalized spacial score (nSPS) is 14.8. The zero-order valence-electron chi connectivity index (χ0n) is 18.0. The number of amides is 2. The molecule has 2 aromatic rings. The Morgan fingerprint density at radius 3 is 2.52 bits per heavy atom. The molecule has 180 valence electrons. The number of rotatable bonds is 11. The maximum atomic E-state index is 12.6. The topological polar surface area (TPSA) is 167 Å². The van der Waals surface area contributed by atoms with Gasteiger partial charge in [-0.05, 0) is 44.2 Å². The monoisotopic (exact) mass is 496 g/mol. The van der Waals surface area contributed by atoms with Crippen LogP contribution in [0.1, 0.15) is 32.1 Å². The highest BCUT2D eigenvalue weighted by molar-refractivity contribution is 7.87. The van der Waals surface area contributed by atoms with Gasteiger partial charge in [0, 0.05) is 36.3 Å². The molecule has 1 aromatic heterocycles. The number of nitrogens with zero attached hydrogens (tertiary/aromatic N) is 2. The summed E-state index contributed by atoms with van der Waals surface area (Å²) in [5.74, 6) is -0.526. The van der Waals surface area contributed by atoms with Crippen molar-refractivity contribution in [3.63, 3.8) is 0 Å². The van der Waals surface area contributed by atoms with Crippen LogP contribution in [0.3, 0.4) is 0 Å². The zero-order valence-corrected chi connectivity index (χ0v) is 19.6. The number of hydrogen-bond donors (Lipinski definition) is 5. The summed E-state index contributed by atoms with van der Waals surface area (Å²) >= 11 is 1.25. The van der Waals surface area contributed by atoms with Crippen molar-refractivity contribution in [2.75, 3.05) is 29.9 Å². The molecule has 0 saturated carbocycles. The van der Waals surface area contributed by atoms with E-state index < -0.39 is 28.3 Å². The van der Waals surface area contributed by atoms with Crippen LogP contribution in [0.25, 0.3) is 11.3 Å². The molecular weight excluding hydrogens is 468 g/mol. The summed E-state index contributed by atoms with van der Waals surface area (Å²) in [6, 6.07) is 7.13. The number of unbranched alkanes of at least 4 members (excludes halogenated alkanes) is 1. The summed E-state index contributed by atoms with van der Waals surface area (Å²) in [4.78, 5) is 30.5. The minimum absolute atomic E-state index is 0.104. The van der Waals surface area contributed by atoms with Crippen molar-refractivity contribution < 1.29 is 23.1 Å². The highest BCUT2D eigenvalue weighted by atomic mass is 32.2. The Morgan fingerprint density at radius 2 is 1.88 bits per heavy atom. The summed E-state index contributed by atoms with van der Waals surface area (Å²) in [6.45, 7) is 2.24. The Balaban J connectivity index is 1.55. The van der Waals surface area contributed by atoms with E-state index in [0.29, 0.717) is 18.0 Å². The number of benzene rings is 1. The van der Waals surface area contributed by atoms with Gasteiger partial charge < -0.3 is 20.6 Å². The van der Waals surface area contributed by atoms with Crippen LogP contribution < -0.4 is 25.4 Å². The first-order valence-corrected chi connectivity index (χ1v) is 13.0. The summed E-state index contributed by atoms with van der Waals surface area (Å²) < 4.78 is 23.9. The van der Waals surface area contributed by atoms with Crippen molar-refractivity contribution in [3.05, 3.63) is 29.6 Å². The molecule has 13 heteroatoms. The number of hydrogen-bond acceptors (Lipinski definition) is 7. The van der Waals surface area contributed by atoms with E-state index in [0.717, 1.165) is 24.3 Å². The van der Waals surface area contributed by atoms with Crippen molar-refractivity contribution >= 4 is 44.4 Å². The second-order valence-electron chi connectivity index (χ2n) is 7.71. The second kappa shape index (κ2) is 11.4. The number of nitrogens with two attached hydrogens (primary N) is 1. The average molecular weight is 497 g/mol. The molecule has 6 N–H and O–H groups in total. The molecule has 0 radical (unpaired) electrons. The van der Waals surface area contributed by atoms with E-state index >= 15 is 0 Å². The molecule has 1 aliphatic heterocycles. The molecule has 0 bridgehead atoms. The van der Waals surface area contributed by atoms with Crippen molar-refractivity contribution in [2.24, 2.45) is 5.14 Å². The third kappa shape index (κ3) is 7.96. The predicted octanol–water partition coefficient (Wildman–Crippen LogP) is 1.95. The summed E-state index contributed by atoms with van der Waals surface area (Å²) in [7, 11) is -3.78. The summed E-state index contributed by atoms with van der Waals surface area (Å²) in [6.07, 6.45) is 2.10. The molecule has 0 aliphatic carbocycles. The first-order valence-electron chi connectivity index (χ1n) is 10.6. The van der Waals surface area contributed by atoms with Crippen molar-refractivity contribution in [2.45, 2.75) is 38.1 Å². The van der Waals surface area contributed by atoms with Gasteiger partial charge in [-0.1, -0.05) is 12.1 Å². The van der Waals surface area contributed by atoms with Gasteiger partial charge in [0.25, 0.3) is 10.2 Å². The first kappa shape index (κ1) is 24.9. The Hall–Kier alpha value is -2.74. The van der Waals surface area contributed by atoms with Gasteiger partial charge in [-0.15, -0.1) is 11.3 Å². The average Bonchev–Trinajstić information content (AvgIpc) is 3.44. The summed E-state index contributed by atoms with van der Waals surface area (Å²) in [5, 5.41) is 21.0. The van der Waals surface area contributed by atoms with E-state index in [1.54, 1.807) is 0 Å². The number of aromatic nitrogens is 1.